The van der Waals surface area contributed by atoms with Gasteiger partial charge in [0.25, 0.3) is 0 Å². The first kappa shape index (κ1) is 9.05. The molecule has 1 heterocycles. The Labute approximate surface area is 87.7 Å². The van der Waals surface area contributed by atoms with Crippen LogP contribution in [0.1, 0.15) is 5.56 Å². The van der Waals surface area contributed by atoms with Gasteiger partial charge in [0.15, 0.2) is 0 Å². The lowest BCUT2D eigenvalue weighted by molar-refractivity contribution is 1.40. The van der Waals surface area contributed by atoms with Crippen molar-refractivity contribution in [2.24, 2.45) is 0 Å². The second-order valence-electron chi connectivity index (χ2n) is 2.81. The van der Waals surface area contributed by atoms with Crippen LogP contribution in [0.15, 0.2) is 36.5 Å². The van der Waals surface area contributed by atoms with Gasteiger partial charge in [-0.05, 0) is 12.1 Å². The van der Waals surface area contributed by atoms with E-state index in [-0.39, 0.29) is 0 Å². The maximum absolute atomic E-state index is 5.51. The minimum atomic E-state index is 0.358. The molecule has 0 amide bonds. The molecule has 2 aromatic rings. The van der Waals surface area contributed by atoms with Crippen molar-refractivity contribution in [1.82, 2.24) is 4.98 Å². The first-order valence-electron chi connectivity index (χ1n) is 4.30. The Hall–Kier alpha value is -1.52. The fourth-order valence-electron chi connectivity index (χ4n) is 1.33. The molecule has 0 radical (unpaired) electrons. The van der Waals surface area contributed by atoms with E-state index in [1.165, 1.54) is 0 Å². The highest BCUT2D eigenvalue weighted by atomic mass is 35.5. The third-order valence-corrected chi connectivity index (χ3v) is 2.07. The molecule has 0 spiro atoms. The van der Waals surface area contributed by atoms with Crippen molar-refractivity contribution in [3.8, 4) is 11.8 Å². The van der Waals surface area contributed by atoms with Crippen LogP contribution in [0.4, 0.5) is 0 Å². The molecule has 14 heavy (non-hydrogen) atoms. The molecule has 0 saturated heterocycles. The fourth-order valence-corrected chi connectivity index (χ4v) is 1.40. The van der Waals surface area contributed by atoms with Crippen LogP contribution in [0, 0.1) is 11.8 Å². The molecule has 1 aromatic carbocycles. The van der Waals surface area contributed by atoms with Crippen molar-refractivity contribution in [2.75, 3.05) is 5.88 Å². The second-order valence-corrected chi connectivity index (χ2v) is 3.08. The number of pyridine rings is 1. The van der Waals surface area contributed by atoms with Crippen LogP contribution in [-0.2, 0) is 0 Å². The van der Waals surface area contributed by atoms with Crippen molar-refractivity contribution in [3.63, 3.8) is 0 Å². The number of aromatic nitrogens is 1. The van der Waals surface area contributed by atoms with Gasteiger partial charge < -0.3 is 0 Å². The highest BCUT2D eigenvalue weighted by molar-refractivity contribution is 6.19. The van der Waals surface area contributed by atoms with E-state index >= 15 is 0 Å². The summed E-state index contributed by atoms with van der Waals surface area (Å²) in [5.74, 6) is 6.22. The second kappa shape index (κ2) is 4.13. The van der Waals surface area contributed by atoms with E-state index < -0.39 is 0 Å². The summed E-state index contributed by atoms with van der Waals surface area (Å²) in [4.78, 5) is 4.25. The van der Waals surface area contributed by atoms with Crippen molar-refractivity contribution >= 4 is 22.5 Å². The highest BCUT2D eigenvalue weighted by Crippen LogP contribution is 2.14. The number of nitrogens with zero attached hydrogens (tertiary/aromatic N) is 1. The number of hydrogen-bond acceptors (Lipinski definition) is 1. The Morgan fingerprint density at radius 1 is 1.21 bits per heavy atom. The molecule has 0 unspecified atom stereocenters. The monoisotopic (exact) mass is 201 g/mol. The van der Waals surface area contributed by atoms with Crippen LogP contribution in [0.25, 0.3) is 10.9 Å². The molecular formula is C12H8ClN. The number of rotatable bonds is 0. The lowest BCUT2D eigenvalue weighted by Crippen LogP contribution is -1.82. The van der Waals surface area contributed by atoms with Gasteiger partial charge in [-0.15, -0.1) is 11.6 Å². The van der Waals surface area contributed by atoms with Gasteiger partial charge in [-0.25, -0.2) is 0 Å². The van der Waals surface area contributed by atoms with Crippen molar-refractivity contribution in [3.05, 3.63) is 42.1 Å². The summed E-state index contributed by atoms with van der Waals surface area (Å²) >= 11 is 5.51. The predicted octanol–water partition coefficient (Wildman–Crippen LogP) is 2.83. The smallest absolute Gasteiger partial charge is 0.0839 e. The van der Waals surface area contributed by atoms with Gasteiger partial charge in [0.1, 0.15) is 0 Å². The molecule has 2 heteroatoms. The molecule has 0 aliphatic carbocycles. The van der Waals surface area contributed by atoms with Gasteiger partial charge in [-0.1, -0.05) is 30.0 Å². The zero-order valence-electron chi connectivity index (χ0n) is 7.50. The Morgan fingerprint density at radius 3 is 2.93 bits per heavy atom. The van der Waals surface area contributed by atoms with E-state index in [1.54, 1.807) is 6.20 Å². The highest BCUT2D eigenvalue weighted by Gasteiger charge is 1.96. The van der Waals surface area contributed by atoms with Crippen LogP contribution >= 0.6 is 11.6 Å². The van der Waals surface area contributed by atoms with Gasteiger partial charge in [0.2, 0.25) is 0 Å². The Balaban J connectivity index is 2.65. The van der Waals surface area contributed by atoms with Crippen molar-refractivity contribution < 1.29 is 0 Å². The van der Waals surface area contributed by atoms with Crippen LogP contribution in [0.5, 0.6) is 0 Å². The minimum absolute atomic E-state index is 0.358. The molecule has 0 bridgehead atoms. The number of alkyl halides is 1. The van der Waals surface area contributed by atoms with E-state index in [4.69, 9.17) is 11.6 Å². The molecule has 0 atom stereocenters. The molecule has 0 aliphatic heterocycles. The fraction of sp³-hybridized carbons (Fsp3) is 0.0833. The molecular weight excluding hydrogens is 194 g/mol. The van der Waals surface area contributed by atoms with E-state index in [0.29, 0.717) is 5.88 Å². The van der Waals surface area contributed by atoms with E-state index in [1.807, 2.05) is 30.3 Å². The quantitative estimate of drug-likeness (QED) is 0.472. The van der Waals surface area contributed by atoms with Crippen LogP contribution < -0.4 is 0 Å². The molecule has 68 valence electrons. The van der Waals surface area contributed by atoms with Gasteiger partial charge >= 0.3 is 0 Å². The van der Waals surface area contributed by atoms with E-state index in [2.05, 4.69) is 16.8 Å². The van der Waals surface area contributed by atoms with Crippen LogP contribution in [0.2, 0.25) is 0 Å². The molecule has 1 aromatic heterocycles. The minimum Gasteiger partial charge on any atom is -0.256 e. The van der Waals surface area contributed by atoms with Crippen molar-refractivity contribution in [2.45, 2.75) is 0 Å². The number of fused-ring (bicyclic) bond motifs is 1. The SMILES string of the molecule is ClCC#Cc1ccnc2ccccc12. The average Bonchev–Trinajstić information content (AvgIpc) is 2.26. The summed E-state index contributed by atoms with van der Waals surface area (Å²) in [6.07, 6.45) is 1.76. The summed E-state index contributed by atoms with van der Waals surface area (Å²) in [7, 11) is 0. The Morgan fingerprint density at radius 2 is 2.07 bits per heavy atom. The van der Waals surface area contributed by atoms with Crippen LogP contribution in [0.3, 0.4) is 0 Å². The maximum Gasteiger partial charge on any atom is 0.0839 e. The van der Waals surface area contributed by atoms with Crippen molar-refractivity contribution in [1.29, 1.82) is 0 Å². The average molecular weight is 202 g/mol. The topological polar surface area (TPSA) is 12.9 Å². The van der Waals surface area contributed by atoms with Crippen LogP contribution in [-0.4, -0.2) is 10.9 Å². The molecule has 0 fully saturated rings. The molecule has 0 N–H and O–H groups in total. The number of halogens is 1. The van der Waals surface area contributed by atoms with Gasteiger partial charge in [0, 0.05) is 17.1 Å². The zero-order chi connectivity index (χ0) is 9.80. The van der Waals surface area contributed by atoms with E-state index in [0.717, 1.165) is 16.5 Å². The summed E-state index contributed by atoms with van der Waals surface area (Å²) in [5.41, 5.74) is 1.95. The van der Waals surface area contributed by atoms with Gasteiger partial charge in [-0.3, -0.25) is 4.98 Å². The van der Waals surface area contributed by atoms with Gasteiger partial charge in [0.05, 0.1) is 11.4 Å². The zero-order valence-corrected chi connectivity index (χ0v) is 8.25. The number of para-hydroxylation sites is 1. The standard InChI is InChI=1S/C12H8ClN/c13-8-3-4-10-7-9-14-12-6-2-1-5-11(10)12/h1-2,5-7,9H,8H2. The molecule has 2 rings (SSSR count). The summed E-state index contributed by atoms with van der Waals surface area (Å²) in [5, 5.41) is 1.08. The van der Waals surface area contributed by atoms with Gasteiger partial charge in [-0.2, -0.15) is 0 Å². The molecule has 0 saturated carbocycles. The number of hydrogen-bond donors (Lipinski definition) is 0. The molecule has 1 nitrogen and oxygen atoms in total. The summed E-state index contributed by atoms with van der Waals surface area (Å²) in [6.45, 7) is 0. The summed E-state index contributed by atoms with van der Waals surface area (Å²) in [6, 6.07) is 9.84. The molecule has 0 aliphatic rings. The third-order valence-electron chi connectivity index (χ3n) is 1.94. The largest absolute Gasteiger partial charge is 0.256 e. The number of benzene rings is 1. The lowest BCUT2D eigenvalue weighted by atomic mass is 10.1. The van der Waals surface area contributed by atoms with E-state index in [9.17, 15) is 0 Å². The normalized spacial score (nSPS) is 9.50. The Bertz CT molecular complexity index is 503. The first-order valence-corrected chi connectivity index (χ1v) is 4.84. The third kappa shape index (κ3) is 1.71. The first-order chi connectivity index (χ1) is 6.92. The Kier molecular flexibility index (Phi) is 2.67. The lowest BCUT2D eigenvalue weighted by Gasteiger charge is -1.97. The predicted molar refractivity (Wildman–Crippen MR) is 59.3 cm³/mol. The summed E-state index contributed by atoms with van der Waals surface area (Å²) < 4.78 is 0. The maximum atomic E-state index is 5.51.